The Labute approximate surface area is 175 Å². The molecule has 7 nitrogen and oxygen atoms in total. The van der Waals surface area contributed by atoms with Gasteiger partial charge in [-0.25, -0.2) is 0 Å². The van der Waals surface area contributed by atoms with E-state index in [9.17, 15) is 4.79 Å². The number of nitrogens with one attached hydrogen (secondary N) is 2. The summed E-state index contributed by atoms with van der Waals surface area (Å²) in [5, 5.41) is 6.43. The maximum Gasteiger partial charge on any atom is 0.241 e. The lowest BCUT2D eigenvalue weighted by Gasteiger charge is -2.19. The first-order valence-corrected chi connectivity index (χ1v) is 9.98. The van der Waals surface area contributed by atoms with Gasteiger partial charge in [0.1, 0.15) is 6.04 Å². The second-order valence-corrected chi connectivity index (χ2v) is 7.00. The SMILES string of the molecule is O=C(NCCc1ccncc1)C(NCCc1ccncc1)c1ccc2c(c1)OCO2. The monoisotopic (exact) mass is 404 g/mol. The van der Waals surface area contributed by atoms with Crippen LogP contribution in [0.15, 0.2) is 67.3 Å². The van der Waals surface area contributed by atoms with E-state index in [2.05, 4.69) is 20.6 Å². The second-order valence-electron chi connectivity index (χ2n) is 7.00. The highest BCUT2D eigenvalue weighted by Crippen LogP contribution is 2.34. The number of fused-ring (bicyclic) bond motifs is 1. The van der Waals surface area contributed by atoms with E-state index in [4.69, 9.17) is 9.47 Å². The average molecular weight is 404 g/mol. The number of rotatable bonds is 9. The Kier molecular flexibility index (Phi) is 6.51. The number of carbonyl (C=O) groups excluding carboxylic acids is 1. The number of aromatic nitrogens is 2. The van der Waals surface area contributed by atoms with Crippen LogP contribution in [0, 0.1) is 0 Å². The topological polar surface area (TPSA) is 85.4 Å². The number of hydrogen-bond donors (Lipinski definition) is 2. The molecule has 1 unspecified atom stereocenters. The molecule has 7 heteroatoms. The zero-order valence-electron chi connectivity index (χ0n) is 16.6. The van der Waals surface area contributed by atoms with Crippen LogP contribution in [0.4, 0.5) is 0 Å². The first-order valence-electron chi connectivity index (χ1n) is 9.98. The number of ether oxygens (including phenoxy) is 2. The molecular formula is C23H24N4O3. The zero-order valence-corrected chi connectivity index (χ0v) is 16.6. The van der Waals surface area contributed by atoms with Gasteiger partial charge in [-0.3, -0.25) is 14.8 Å². The van der Waals surface area contributed by atoms with Crippen LogP contribution in [-0.2, 0) is 17.6 Å². The first kappa shape index (κ1) is 19.8. The van der Waals surface area contributed by atoms with Crippen molar-refractivity contribution in [2.75, 3.05) is 19.9 Å². The molecule has 0 radical (unpaired) electrons. The number of hydrogen-bond acceptors (Lipinski definition) is 6. The lowest BCUT2D eigenvalue weighted by Crippen LogP contribution is -2.39. The maximum absolute atomic E-state index is 13.0. The van der Waals surface area contributed by atoms with Crippen molar-refractivity contribution in [2.45, 2.75) is 18.9 Å². The molecule has 2 aromatic heterocycles. The average Bonchev–Trinajstić information content (AvgIpc) is 3.26. The molecule has 0 aliphatic carbocycles. The van der Waals surface area contributed by atoms with E-state index in [0.29, 0.717) is 24.6 Å². The highest BCUT2D eigenvalue weighted by Gasteiger charge is 2.23. The van der Waals surface area contributed by atoms with E-state index >= 15 is 0 Å². The van der Waals surface area contributed by atoms with Crippen LogP contribution in [0.25, 0.3) is 0 Å². The second kappa shape index (κ2) is 9.84. The van der Waals surface area contributed by atoms with Crippen molar-refractivity contribution in [3.63, 3.8) is 0 Å². The van der Waals surface area contributed by atoms with Crippen LogP contribution >= 0.6 is 0 Å². The summed E-state index contributed by atoms with van der Waals surface area (Å²) < 4.78 is 10.9. The van der Waals surface area contributed by atoms with Gasteiger partial charge in [-0.2, -0.15) is 0 Å². The van der Waals surface area contributed by atoms with Crippen LogP contribution in [-0.4, -0.2) is 35.8 Å². The summed E-state index contributed by atoms with van der Waals surface area (Å²) in [4.78, 5) is 21.1. The summed E-state index contributed by atoms with van der Waals surface area (Å²) in [6.45, 7) is 1.41. The predicted octanol–water partition coefficient (Wildman–Crippen LogP) is 2.44. The highest BCUT2D eigenvalue weighted by atomic mass is 16.7. The van der Waals surface area contributed by atoms with Gasteiger partial charge in [-0.15, -0.1) is 0 Å². The lowest BCUT2D eigenvalue weighted by atomic mass is 10.0. The minimum absolute atomic E-state index is 0.0716. The van der Waals surface area contributed by atoms with Crippen molar-refractivity contribution in [1.82, 2.24) is 20.6 Å². The molecule has 4 rings (SSSR count). The fourth-order valence-electron chi connectivity index (χ4n) is 3.35. The van der Waals surface area contributed by atoms with Gasteiger partial charge in [0.25, 0.3) is 0 Å². The molecule has 0 saturated heterocycles. The molecule has 3 aromatic rings. The van der Waals surface area contributed by atoms with Crippen LogP contribution in [0.2, 0.25) is 0 Å². The predicted molar refractivity (Wildman–Crippen MR) is 112 cm³/mol. The van der Waals surface area contributed by atoms with Crippen molar-refractivity contribution in [1.29, 1.82) is 0 Å². The molecule has 1 aliphatic heterocycles. The standard InChI is InChI=1S/C23H24N4O3/c28-23(27-14-8-18-5-11-25-12-6-18)22(26-13-7-17-3-9-24-10-4-17)19-1-2-20-21(15-19)30-16-29-20/h1-6,9-12,15,22,26H,7-8,13-14,16H2,(H,27,28). The fraction of sp³-hybridized carbons (Fsp3) is 0.261. The zero-order chi connectivity index (χ0) is 20.6. The first-order chi connectivity index (χ1) is 14.8. The van der Waals surface area contributed by atoms with E-state index in [1.165, 1.54) is 5.56 Å². The van der Waals surface area contributed by atoms with Crippen molar-refractivity contribution in [2.24, 2.45) is 0 Å². The summed E-state index contributed by atoms with van der Waals surface area (Å²) in [6, 6.07) is 13.0. The van der Waals surface area contributed by atoms with Crippen LogP contribution < -0.4 is 20.1 Å². The molecule has 1 amide bonds. The number of carbonyl (C=O) groups is 1. The van der Waals surface area contributed by atoms with Gasteiger partial charge < -0.3 is 20.1 Å². The van der Waals surface area contributed by atoms with Gasteiger partial charge >= 0.3 is 0 Å². The normalized spacial score (nSPS) is 13.1. The molecule has 30 heavy (non-hydrogen) atoms. The van der Waals surface area contributed by atoms with Crippen molar-refractivity contribution >= 4 is 5.91 Å². The fourth-order valence-corrected chi connectivity index (χ4v) is 3.35. The Bertz CT molecular complexity index is 967. The Hall–Kier alpha value is -3.45. The molecule has 0 spiro atoms. The maximum atomic E-state index is 13.0. The lowest BCUT2D eigenvalue weighted by molar-refractivity contribution is -0.123. The van der Waals surface area contributed by atoms with Gasteiger partial charge in [0.05, 0.1) is 0 Å². The summed E-state index contributed by atoms with van der Waals surface area (Å²) in [7, 11) is 0. The number of amides is 1. The molecule has 1 aromatic carbocycles. The van der Waals surface area contributed by atoms with Crippen LogP contribution in [0.3, 0.4) is 0 Å². The molecule has 0 fully saturated rings. The number of nitrogens with zero attached hydrogens (tertiary/aromatic N) is 2. The van der Waals surface area contributed by atoms with Gasteiger partial charge in [-0.05, 0) is 65.9 Å². The van der Waals surface area contributed by atoms with Crippen molar-refractivity contribution in [3.8, 4) is 11.5 Å². The van der Waals surface area contributed by atoms with Crippen molar-refractivity contribution < 1.29 is 14.3 Å². The van der Waals surface area contributed by atoms with Gasteiger partial charge in [-0.1, -0.05) is 6.07 Å². The Balaban J connectivity index is 1.41. The smallest absolute Gasteiger partial charge is 0.241 e. The molecule has 154 valence electrons. The third kappa shape index (κ3) is 5.12. The van der Waals surface area contributed by atoms with E-state index in [1.807, 2.05) is 42.5 Å². The third-order valence-electron chi connectivity index (χ3n) is 4.97. The highest BCUT2D eigenvalue weighted by molar-refractivity contribution is 5.83. The van der Waals surface area contributed by atoms with E-state index in [-0.39, 0.29) is 12.7 Å². The van der Waals surface area contributed by atoms with Crippen molar-refractivity contribution in [3.05, 3.63) is 83.9 Å². The molecule has 1 atom stereocenters. The molecule has 1 aliphatic rings. The summed E-state index contributed by atoms with van der Waals surface area (Å²) in [5.74, 6) is 1.29. The summed E-state index contributed by atoms with van der Waals surface area (Å²) >= 11 is 0. The number of benzene rings is 1. The van der Waals surface area contributed by atoms with E-state index < -0.39 is 6.04 Å². The van der Waals surface area contributed by atoms with Crippen LogP contribution in [0.1, 0.15) is 22.7 Å². The molecule has 2 N–H and O–H groups in total. The summed E-state index contributed by atoms with van der Waals surface area (Å²) in [5.41, 5.74) is 3.14. The largest absolute Gasteiger partial charge is 0.454 e. The van der Waals surface area contributed by atoms with Gasteiger partial charge in [0, 0.05) is 37.9 Å². The summed E-state index contributed by atoms with van der Waals surface area (Å²) in [6.07, 6.45) is 8.61. The Morgan fingerprint density at radius 1 is 0.867 bits per heavy atom. The number of pyridine rings is 2. The minimum atomic E-state index is -0.487. The molecular weight excluding hydrogens is 380 g/mol. The van der Waals surface area contributed by atoms with Crippen LogP contribution in [0.5, 0.6) is 11.5 Å². The van der Waals surface area contributed by atoms with Gasteiger partial charge in [0.2, 0.25) is 12.7 Å². The van der Waals surface area contributed by atoms with E-state index in [1.54, 1.807) is 24.8 Å². The Morgan fingerprint density at radius 3 is 2.20 bits per heavy atom. The Morgan fingerprint density at radius 2 is 1.50 bits per heavy atom. The molecule has 0 bridgehead atoms. The molecule has 3 heterocycles. The van der Waals surface area contributed by atoms with Gasteiger partial charge in [0.15, 0.2) is 11.5 Å². The van der Waals surface area contributed by atoms with E-state index in [0.717, 1.165) is 24.0 Å². The third-order valence-corrected chi connectivity index (χ3v) is 4.97. The quantitative estimate of drug-likeness (QED) is 0.570. The molecule has 0 saturated carbocycles. The minimum Gasteiger partial charge on any atom is -0.454 e.